The fourth-order valence-corrected chi connectivity index (χ4v) is 14.3. The predicted octanol–water partition coefficient (Wildman–Crippen LogP) is 39.0. The van der Waals surface area contributed by atoms with Gasteiger partial charge in [0.05, 0.1) is 5.60 Å². The van der Waals surface area contributed by atoms with Gasteiger partial charge in [-0.25, -0.2) is 4.79 Å². The molecule has 0 bridgehead atoms. The summed E-state index contributed by atoms with van der Waals surface area (Å²) in [5.74, 6) is 0.430. The third-order valence-electron chi connectivity index (χ3n) is 22.7. The number of carbonyl (C=O) groups excluding carboxylic acids is 1. The van der Waals surface area contributed by atoms with Crippen LogP contribution in [0.2, 0.25) is 0 Å². The topological polar surface area (TPSA) is 100 Å². The van der Waals surface area contributed by atoms with Crippen LogP contribution in [-0.2, 0) is 70.6 Å². The van der Waals surface area contributed by atoms with E-state index in [1.807, 2.05) is 62.3 Å². The summed E-state index contributed by atoms with van der Waals surface area (Å²) < 4.78 is 453. The van der Waals surface area contributed by atoms with E-state index in [0.29, 0.717) is 84.4 Å². The monoisotopic (exact) mass is 2130 g/mol. The van der Waals surface area contributed by atoms with Crippen molar-refractivity contribution in [2.45, 2.75) is 445 Å². The average molecular weight is 2130 g/mol. The molecule has 1 saturated carbocycles. The van der Waals surface area contributed by atoms with E-state index in [1.54, 1.807) is 6.92 Å². The number of alkyl halides is 30. The molecule has 1 aliphatic heterocycles. The second kappa shape index (κ2) is 60.0. The number of hydrogen-bond donors (Lipinski definition) is 0. The van der Waals surface area contributed by atoms with Crippen molar-refractivity contribution in [3.05, 3.63) is 177 Å². The lowest BCUT2D eigenvalue weighted by Crippen LogP contribution is -2.58. The van der Waals surface area contributed by atoms with Crippen LogP contribution in [0.5, 0.6) is 0 Å². The van der Waals surface area contributed by atoms with E-state index in [2.05, 4.69) is 23.7 Å². The van der Waals surface area contributed by atoms with Crippen molar-refractivity contribution in [2.24, 2.45) is 5.92 Å². The summed E-state index contributed by atoms with van der Waals surface area (Å²) in [6.07, 6.45) is -54.0. The molecule has 5 aromatic carbocycles. The first kappa shape index (κ1) is 151. The van der Waals surface area contributed by atoms with E-state index in [0.717, 1.165) is 140 Å². The molecule has 2 aliphatic rings. The van der Waals surface area contributed by atoms with Crippen molar-refractivity contribution < 1.29 is 179 Å². The molecule has 0 spiro atoms. The Kier molecular flexibility index (Phi) is 63.5. The average Bonchev–Trinajstić information content (AvgIpc) is 0.744. The van der Waals surface area contributed by atoms with E-state index in [4.69, 9.17) is 18.9 Å². The Labute approximate surface area is 830 Å². The van der Waals surface area contributed by atoms with Gasteiger partial charge >= 0.3 is 73.5 Å². The highest BCUT2D eigenvalue weighted by atomic mass is 19.5. The van der Waals surface area contributed by atoms with Gasteiger partial charge in [0.15, 0.2) is 18.9 Å². The Morgan fingerprint density at radius 2 is 0.538 bits per heavy atom. The van der Waals surface area contributed by atoms with Crippen LogP contribution >= 0.6 is 0 Å². The molecule has 1 heterocycles. The van der Waals surface area contributed by atoms with Crippen molar-refractivity contribution in [3.63, 3.8) is 0 Å². The third-order valence-corrected chi connectivity index (χ3v) is 22.7. The normalized spacial score (nSPS) is 16.0. The van der Waals surface area contributed by atoms with Crippen LogP contribution in [-0.4, -0.2) is 118 Å². The Morgan fingerprint density at radius 3 is 0.762 bits per heavy atom. The molecule has 0 N–H and O–H groups in total. The van der Waals surface area contributed by atoms with Gasteiger partial charge in [0, 0.05) is 47.6 Å². The van der Waals surface area contributed by atoms with Crippen LogP contribution < -0.4 is 0 Å². The molecule has 8 atom stereocenters. The number of ether oxygens (including phenoxy) is 9. The van der Waals surface area contributed by atoms with Gasteiger partial charge in [0.2, 0.25) is 0 Å². The zero-order valence-electron chi connectivity index (χ0n) is 77.2. The highest BCUT2D eigenvalue weighted by Gasteiger charge is 2.79. The Balaban J connectivity index is -0.000000262. The number of rotatable bonds is 29. The Bertz CT molecular complexity index is 4130. The molecule has 40 heteroatoms. The SMILES string of the molecule is C.C.C.C.C.C.C.C.C.C.CCC(C)c1ccc(C(OC(=O)OC(C)(C)C)(C(F)(F)F)C(F)(F)F)cc1.CCC(C)c1ccc(C(OC(C)(C)C)(C(F)(F)F)C(F)(F)F)cc1.CCC(C)c1ccc(C(OC(C)OCCC2CCCCC2)(C(F)(F)F)C(F)(F)F)cc1.CCC(C)c1ccc(C(OC2CCCCO2)(C(F)(F)F)C(F)(F)F)cc1.CCOC(C)OC(c1ccc(C(C)CC)cc1)(C(F)(F)F)C(F)(F)F. The summed E-state index contributed by atoms with van der Waals surface area (Å²) in [7, 11) is 0. The minimum absolute atomic E-state index is 0. The predicted molar refractivity (Wildman–Crippen MR) is 505 cm³/mol. The number of halogens is 30. The standard InChI is InChI=1S/C23H32F6O2.C18H22F6O3.C18H22F6O2.C17H22F6O2.C17H22F6O.10CH4/c1-4-16(2)19-10-12-20(13-11-19)21(22(24,25)26,23(27,28)29)31-17(3)30-15-14-18-8-6-5-7-9-18;1-6-11(2)12-7-9-13(10-8-12)16(17(19,20)21,18(22,23)24)27-14(25)26-15(3,4)5;1-3-12(2)13-7-9-14(10-8-13)16(17(19,20)21,18(22,23)24)26-15-6-4-5-11-25-15;1-5-11(3)13-7-9-14(10-8-13)15(16(18,19)20,17(21,22)23)25-12(4)24-6-2;1-6-11(2)12-7-9-13(10-8-12)15(16(18,19)20,17(21,22)23)24-14(3,4)5;;;;;;;;;;/h10-13,16-18H,4-9,14-15H2,1-3H3;7-11H,6H2,1-5H3;7-10,12,15H,3-6,11H2,1-2H3;7-12H,5-6H2,1-4H3;7-11H,6H2,1-5H3;10*1H4. The smallest absolute Gasteiger partial charge is 0.429 e. The molecule has 0 radical (unpaired) electrons. The summed E-state index contributed by atoms with van der Waals surface area (Å²) in [6, 6.07) is 20.7. The molecular formula is C103H160F30O10. The van der Waals surface area contributed by atoms with Crippen LogP contribution in [0.3, 0.4) is 0 Å². The minimum atomic E-state index is -5.96. The van der Waals surface area contributed by atoms with Gasteiger partial charge in [-0.2, -0.15) is 132 Å². The maximum Gasteiger partial charge on any atom is 0.510 e. The van der Waals surface area contributed by atoms with Crippen molar-refractivity contribution in [3.8, 4) is 0 Å². The first-order chi connectivity index (χ1) is 60.6. The van der Waals surface area contributed by atoms with Gasteiger partial charge < -0.3 is 42.6 Å². The summed E-state index contributed by atoms with van der Waals surface area (Å²) in [6.45, 7) is 29.5. The first-order valence-corrected chi connectivity index (χ1v) is 43.2. The van der Waals surface area contributed by atoms with E-state index in [-0.39, 0.29) is 130 Å². The van der Waals surface area contributed by atoms with Gasteiger partial charge in [0.1, 0.15) is 5.60 Å². The molecule has 10 nitrogen and oxygen atoms in total. The van der Waals surface area contributed by atoms with Gasteiger partial charge in [-0.1, -0.05) is 297 Å². The maximum atomic E-state index is 14.0. The van der Waals surface area contributed by atoms with E-state index < -0.39 is 154 Å². The van der Waals surface area contributed by atoms with Crippen LogP contribution in [0, 0.1) is 5.92 Å². The van der Waals surface area contributed by atoms with E-state index >= 15 is 0 Å². The zero-order valence-corrected chi connectivity index (χ0v) is 77.2. The highest BCUT2D eigenvalue weighted by Crippen LogP contribution is 2.60. The molecule has 143 heavy (non-hydrogen) atoms. The lowest BCUT2D eigenvalue weighted by Gasteiger charge is -2.41. The lowest BCUT2D eigenvalue weighted by atomic mass is 9.87. The van der Waals surface area contributed by atoms with Crippen molar-refractivity contribution in [1.82, 2.24) is 0 Å². The Hall–Kier alpha value is -7.01. The molecule has 842 valence electrons. The summed E-state index contributed by atoms with van der Waals surface area (Å²) >= 11 is 0. The minimum Gasteiger partial charge on any atom is -0.429 e. The quantitative estimate of drug-likeness (QED) is 0.0261. The molecule has 5 aromatic rings. The summed E-state index contributed by atoms with van der Waals surface area (Å²) in [4.78, 5) is 11.7. The van der Waals surface area contributed by atoms with Gasteiger partial charge in [0.25, 0.3) is 22.4 Å². The molecule has 8 unspecified atom stereocenters. The maximum absolute atomic E-state index is 14.0. The molecule has 7 rings (SSSR count). The fourth-order valence-electron chi connectivity index (χ4n) is 14.3. The van der Waals surface area contributed by atoms with E-state index in [1.165, 1.54) is 76.2 Å². The third kappa shape index (κ3) is 38.5. The van der Waals surface area contributed by atoms with Gasteiger partial charge in [-0.05, 0) is 183 Å². The second-order valence-corrected chi connectivity index (χ2v) is 34.7. The summed E-state index contributed by atoms with van der Waals surface area (Å²) in [5, 5.41) is 0. The number of carbonyl (C=O) groups is 1. The molecule has 0 aromatic heterocycles. The van der Waals surface area contributed by atoms with Crippen molar-refractivity contribution >= 4 is 6.16 Å². The molecule has 1 saturated heterocycles. The fraction of sp³-hybridized carbons (Fsp3) is 0.699. The van der Waals surface area contributed by atoms with Gasteiger partial charge in [-0.3, -0.25) is 0 Å². The molecular weight excluding hydrogens is 1970 g/mol. The summed E-state index contributed by atoms with van der Waals surface area (Å²) in [5.41, 5.74) is -27.5. The number of benzene rings is 5. The molecule has 1 aliphatic carbocycles. The Morgan fingerprint density at radius 1 is 0.301 bits per heavy atom. The van der Waals surface area contributed by atoms with Crippen LogP contribution in [0.25, 0.3) is 0 Å². The highest BCUT2D eigenvalue weighted by molar-refractivity contribution is 5.62. The largest absolute Gasteiger partial charge is 0.510 e. The van der Waals surface area contributed by atoms with Crippen LogP contribution in [0.1, 0.15) is 381 Å². The molecule has 0 amide bonds. The van der Waals surface area contributed by atoms with Crippen molar-refractivity contribution in [1.29, 1.82) is 0 Å². The van der Waals surface area contributed by atoms with E-state index in [9.17, 15) is 137 Å². The zero-order chi connectivity index (χ0) is 103. The second-order valence-electron chi connectivity index (χ2n) is 34.7. The lowest BCUT2D eigenvalue weighted by molar-refractivity contribution is -0.419. The molecule has 2 fully saturated rings. The van der Waals surface area contributed by atoms with Crippen LogP contribution in [0.15, 0.2) is 121 Å². The number of hydrogen-bond acceptors (Lipinski definition) is 10. The van der Waals surface area contributed by atoms with Crippen LogP contribution in [0.4, 0.5) is 137 Å². The van der Waals surface area contributed by atoms with Crippen molar-refractivity contribution in [2.75, 3.05) is 19.8 Å². The van der Waals surface area contributed by atoms with Gasteiger partial charge in [-0.15, -0.1) is 0 Å². The first-order valence-electron chi connectivity index (χ1n) is 43.2.